The van der Waals surface area contributed by atoms with E-state index in [0.717, 1.165) is 31.5 Å². The zero-order chi connectivity index (χ0) is 15.2. The Hall–Kier alpha value is -1.39. The van der Waals surface area contributed by atoms with Gasteiger partial charge in [-0.1, -0.05) is 19.1 Å². The Morgan fingerprint density at radius 1 is 1.33 bits per heavy atom. The summed E-state index contributed by atoms with van der Waals surface area (Å²) < 4.78 is 4.78. The van der Waals surface area contributed by atoms with Crippen molar-refractivity contribution in [1.29, 1.82) is 0 Å². The van der Waals surface area contributed by atoms with Crippen LogP contribution in [-0.2, 0) is 11.3 Å². The molecule has 116 valence electrons. The minimum absolute atomic E-state index is 0.275. The van der Waals surface area contributed by atoms with E-state index in [-0.39, 0.29) is 5.97 Å². The molecule has 21 heavy (non-hydrogen) atoms. The van der Waals surface area contributed by atoms with E-state index in [9.17, 15) is 4.79 Å². The maximum atomic E-state index is 11.6. The second kappa shape index (κ2) is 7.57. The van der Waals surface area contributed by atoms with Gasteiger partial charge >= 0.3 is 5.97 Å². The number of rotatable bonds is 5. The molecular formula is C17H26N2O2. The second-order valence-electron chi connectivity index (χ2n) is 5.82. The number of carbonyl (C=O) groups excluding carboxylic acids is 1. The van der Waals surface area contributed by atoms with Crippen molar-refractivity contribution in [3.63, 3.8) is 0 Å². The van der Waals surface area contributed by atoms with Gasteiger partial charge in [0, 0.05) is 18.6 Å². The molecule has 4 heteroatoms. The molecule has 1 aliphatic rings. The number of nitrogens with zero attached hydrogens (tertiary/aromatic N) is 1. The molecule has 0 unspecified atom stereocenters. The quantitative estimate of drug-likeness (QED) is 0.847. The van der Waals surface area contributed by atoms with Crippen LogP contribution in [0.4, 0.5) is 0 Å². The van der Waals surface area contributed by atoms with Crippen LogP contribution in [0.1, 0.15) is 48.5 Å². The van der Waals surface area contributed by atoms with Crippen molar-refractivity contribution in [2.45, 2.75) is 51.2 Å². The number of nitrogens with two attached hydrogens (primary N) is 1. The largest absolute Gasteiger partial charge is 0.465 e. The summed E-state index contributed by atoms with van der Waals surface area (Å²) in [6.07, 6.45) is 4.57. The predicted molar refractivity (Wildman–Crippen MR) is 84.1 cm³/mol. The van der Waals surface area contributed by atoms with Crippen LogP contribution in [0.15, 0.2) is 24.3 Å². The van der Waals surface area contributed by atoms with Crippen molar-refractivity contribution in [1.82, 2.24) is 4.90 Å². The molecule has 0 radical (unpaired) electrons. The summed E-state index contributed by atoms with van der Waals surface area (Å²) in [6, 6.07) is 8.71. The zero-order valence-electron chi connectivity index (χ0n) is 13.0. The standard InChI is InChI=1S/C17H26N2O2/c1-3-19(16-9-7-15(18)8-10-16)12-13-5-4-6-14(11-13)17(20)21-2/h4-6,11,15-16H,3,7-10,12,18H2,1-2H3. The molecule has 0 aromatic heterocycles. The van der Waals surface area contributed by atoms with Gasteiger partial charge in [-0.05, 0) is 49.9 Å². The molecule has 1 saturated carbocycles. The van der Waals surface area contributed by atoms with Gasteiger partial charge in [0.1, 0.15) is 0 Å². The van der Waals surface area contributed by atoms with Gasteiger partial charge in [0.15, 0.2) is 0 Å². The molecule has 0 aliphatic heterocycles. The SMILES string of the molecule is CCN(Cc1cccc(C(=O)OC)c1)C1CCC(N)CC1. The minimum Gasteiger partial charge on any atom is -0.465 e. The van der Waals surface area contributed by atoms with Gasteiger partial charge in [-0.3, -0.25) is 4.90 Å². The Morgan fingerprint density at radius 3 is 2.67 bits per heavy atom. The summed E-state index contributed by atoms with van der Waals surface area (Å²) >= 11 is 0. The number of esters is 1. The molecule has 1 fully saturated rings. The third kappa shape index (κ3) is 4.29. The molecule has 2 rings (SSSR count). The average molecular weight is 290 g/mol. The van der Waals surface area contributed by atoms with Crippen molar-refractivity contribution >= 4 is 5.97 Å². The van der Waals surface area contributed by atoms with Crippen LogP contribution >= 0.6 is 0 Å². The lowest BCUT2D eigenvalue weighted by molar-refractivity contribution is 0.0600. The van der Waals surface area contributed by atoms with E-state index in [2.05, 4.69) is 17.9 Å². The van der Waals surface area contributed by atoms with Gasteiger partial charge in [-0.2, -0.15) is 0 Å². The fraction of sp³-hybridized carbons (Fsp3) is 0.588. The van der Waals surface area contributed by atoms with Crippen LogP contribution < -0.4 is 5.73 Å². The highest BCUT2D eigenvalue weighted by molar-refractivity contribution is 5.89. The molecule has 1 aromatic rings. The highest BCUT2D eigenvalue weighted by atomic mass is 16.5. The van der Waals surface area contributed by atoms with Crippen molar-refractivity contribution in [2.24, 2.45) is 5.73 Å². The van der Waals surface area contributed by atoms with E-state index in [1.165, 1.54) is 20.0 Å². The van der Waals surface area contributed by atoms with E-state index in [1.807, 2.05) is 12.1 Å². The highest BCUT2D eigenvalue weighted by Gasteiger charge is 2.23. The van der Waals surface area contributed by atoms with Crippen LogP contribution in [0.3, 0.4) is 0 Å². The molecule has 0 saturated heterocycles. The summed E-state index contributed by atoms with van der Waals surface area (Å²) in [5, 5.41) is 0. The molecule has 0 atom stereocenters. The van der Waals surface area contributed by atoms with Gasteiger partial charge in [-0.25, -0.2) is 4.79 Å². The van der Waals surface area contributed by atoms with Gasteiger partial charge in [-0.15, -0.1) is 0 Å². The number of hydrogen-bond acceptors (Lipinski definition) is 4. The normalized spacial score (nSPS) is 22.3. The van der Waals surface area contributed by atoms with E-state index in [1.54, 1.807) is 6.07 Å². The summed E-state index contributed by atoms with van der Waals surface area (Å²) in [4.78, 5) is 14.1. The number of ether oxygens (including phenoxy) is 1. The smallest absolute Gasteiger partial charge is 0.337 e. The summed E-state index contributed by atoms with van der Waals surface area (Å²) in [5.74, 6) is -0.275. The van der Waals surface area contributed by atoms with E-state index in [0.29, 0.717) is 17.6 Å². The maximum Gasteiger partial charge on any atom is 0.337 e. The molecule has 0 heterocycles. The lowest BCUT2D eigenvalue weighted by Crippen LogP contribution is -2.40. The number of benzene rings is 1. The Bertz CT molecular complexity index is 468. The van der Waals surface area contributed by atoms with Crippen molar-refractivity contribution < 1.29 is 9.53 Å². The monoisotopic (exact) mass is 290 g/mol. The second-order valence-corrected chi connectivity index (χ2v) is 5.82. The molecule has 4 nitrogen and oxygen atoms in total. The summed E-state index contributed by atoms with van der Waals surface area (Å²) in [6.45, 7) is 4.09. The highest BCUT2D eigenvalue weighted by Crippen LogP contribution is 2.23. The van der Waals surface area contributed by atoms with Crippen LogP contribution in [0, 0.1) is 0 Å². The topological polar surface area (TPSA) is 55.6 Å². The first-order valence-corrected chi connectivity index (χ1v) is 7.81. The maximum absolute atomic E-state index is 11.6. The van der Waals surface area contributed by atoms with E-state index < -0.39 is 0 Å². The molecular weight excluding hydrogens is 264 g/mol. The number of hydrogen-bond donors (Lipinski definition) is 1. The van der Waals surface area contributed by atoms with Gasteiger partial charge < -0.3 is 10.5 Å². The molecule has 1 aromatic carbocycles. The Kier molecular flexibility index (Phi) is 5.76. The predicted octanol–water partition coefficient (Wildman–Crippen LogP) is 2.57. The summed E-state index contributed by atoms with van der Waals surface area (Å²) in [7, 11) is 1.42. The number of carbonyl (C=O) groups is 1. The molecule has 0 spiro atoms. The van der Waals surface area contributed by atoms with E-state index in [4.69, 9.17) is 10.5 Å². The Labute approximate surface area is 127 Å². The first-order valence-electron chi connectivity index (χ1n) is 7.81. The first kappa shape index (κ1) is 16.0. The average Bonchev–Trinajstić information content (AvgIpc) is 2.53. The van der Waals surface area contributed by atoms with Crippen LogP contribution in [0.2, 0.25) is 0 Å². The van der Waals surface area contributed by atoms with Crippen LogP contribution in [0.25, 0.3) is 0 Å². The molecule has 2 N–H and O–H groups in total. The first-order chi connectivity index (χ1) is 10.1. The molecule has 1 aliphatic carbocycles. The van der Waals surface area contributed by atoms with Crippen LogP contribution in [-0.4, -0.2) is 36.6 Å². The lowest BCUT2D eigenvalue weighted by Gasteiger charge is -2.35. The molecule has 0 bridgehead atoms. The van der Waals surface area contributed by atoms with Crippen molar-refractivity contribution in [3.8, 4) is 0 Å². The fourth-order valence-corrected chi connectivity index (χ4v) is 3.11. The fourth-order valence-electron chi connectivity index (χ4n) is 3.11. The molecule has 0 amide bonds. The Morgan fingerprint density at radius 2 is 2.05 bits per heavy atom. The number of methoxy groups -OCH3 is 1. The van der Waals surface area contributed by atoms with Gasteiger partial charge in [0.25, 0.3) is 0 Å². The lowest BCUT2D eigenvalue weighted by atomic mass is 9.90. The summed E-state index contributed by atoms with van der Waals surface area (Å²) in [5.41, 5.74) is 7.77. The van der Waals surface area contributed by atoms with Crippen LogP contribution in [0.5, 0.6) is 0 Å². The third-order valence-corrected chi connectivity index (χ3v) is 4.40. The minimum atomic E-state index is -0.275. The third-order valence-electron chi connectivity index (χ3n) is 4.40. The van der Waals surface area contributed by atoms with Gasteiger partial charge in [0.05, 0.1) is 12.7 Å². The van der Waals surface area contributed by atoms with Gasteiger partial charge in [0.2, 0.25) is 0 Å². The van der Waals surface area contributed by atoms with E-state index >= 15 is 0 Å². The Balaban J connectivity index is 2.03. The zero-order valence-corrected chi connectivity index (χ0v) is 13.0. The van der Waals surface area contributed by atoms with Crippen molar-refractivity contribution in [3.05, 3.63) is 35.4 Å². The van der Waals surface area contributed by atoms with Crippen molar-refractivity contribution in [2.75, 3.05) is 13.7 Å².